The highest BCUT2D eigenvalue weighted by Crippen LogP contribution is 2.29. The Balaban J connectivity index is 2.09. The first-order chi connectivity index (χ1) is 16.2. The van der Waals surface area contributed by atoms with E-state index >= 15 is 0 Å². The van der Waals surface area contributed by atoms with Crippen molar-refractivity contribution in [2.45, 2.75) is 31.6 Å². The zero-order valence-corrected chi connectivity index (χ0v) is 20.5. The molecule has 3 rings (SSSR count). The largest absolute Gasteiger partial charge is 0.276 e. The van der Waals surface area contributed by atoms with Gasteiger partial charge in [-0.3, -0.25) is 0 Å². The molecule has 0 aromatic heterocycles. The highest BCUT2D eigenvalue weighted by Gasteiger charge is 2.31. The Hall–Kier alpha value is -3.58. The van der Waals surface area contributed by atoms with Gasteiger partial charge in [0, 0.05) is 17.0 Å². The average Bonchev–Trinajstić information content (AvgIpc) is 2.83. The van der Waals surface area contributed by atoms with Crippen LogP contribution in [0.5, 0.6) is 0 Å². The Morgan fingerprint density at radius 2 is 1.76 bits per heavy atom. The molecule has 0 aliphatic carbocycles. The molecule has 0 fully saturated rings. The highest BCUT2D eigenvalue weighted by molar-refractivity contribution is 7.89. The van der Waals surface area contributed by atoms with Gasteiger partial charge in [-0.25, -0.2) is 0 Å². The predicted molar refractivity (Wildman–Crippen MR) is 136 cm³/mol. The van der Waals surface area contributed by atoms with Crippen LogP contribution in [0.2, 0.25) is 5.02 Å². The SMILES string of the molecule is Cc1ccc(S(=O)(=O)N/N=C(\c2ccccc2)[C@](C)(C#Cc2cccc(Cl)c2)CCC#N)cc1. The van der Waals surface area contributed by atoms with E-state index in [1.807, 2.05) is 50.2 Å². The van der Waals surface area contributed by atoms with Crippen molar-refractivity contribution < 1.29 is 8.42 Å². The summed E-state index contributed by atoms with van der Waals surface area (Å²) in [5.41, 5.74) is 1.87. The van der Waals surface area contributed by atoms with Gasteiger partial charge < -0.3 is 0 Å². The molecule has 0 bridgehead atoms. The number of sulfonamides is 1. The van der Waals surface area contributed by atoms with E-state index in [2.05, 4.69) is 27.8 Å². The third kappa shape index (κ3) is 6.48. The Labute approximate surface area is 206 Å². The van der Waals surface area contributed by atoms with Crippen LogP contribution in [0.25, 0.3) is 0 Å². The van der Waals surface area contributed by atoms with Gasteiger partial charge in [0.25, 0.3) is 10.0 Å². The van der Waals surface area contributed by atoms with Crippen molar-refractivity contribution in [3.8, 4) is 17.9 Å². The molecule has 0 heterocycles. The molecule has 5 nitrogen and oxygen atoms in total. The Morgan fingerprint density at radius 3 is 2.41 bits per heavy atom. The van der Waals surface area contributed by atoms with E-state index in [0.717, 1.165) is 5.56 Å². The number of hydrogen-bond acceptors (Lipinski definition) is 4. The summed E-state index contributed by atoms with van der Waals surface area (Å²) in [6, 6.07) is 25.0. The van der Waals surface area contributed by atoms with Crippen LogP contribution in [0.1, 0.15) is 36.5 Å². The van der Waals surface area contributed by atoms with E-state index in [4.69, 9.17) is 11.6 Å². The molecule has 7 heteroatoms. The van der Waals surface area contributed by atoms with Gasteiger partial charge in [-0.15, -0.1) is 0 Å². The summed E-state index contributed by atoms with van der Waals surface area (Å²) >= 11 is 6.09. The molecule has 1 N–H and O–H groups in total. The van der Waals surface area contributed by atoms with Crippen LogP contribution in [-0.2, 0) is 10.0 Å². The number of nitrogens with zero attached hydrogens (tertiary/aromatic N) is 2. The molecule has 34 heavy (non-hydrogen) atoms. The summed E-state index contributed by atoms with van der Waals surface area (Å²) in [7, 11) is -3.90. The lowest BCUT2D eigenvalue weighted by Crippen LogP contribution is -2.31. The van der Waals surface area contributed by atoms with Crippen molar-refractivity contribution in [1.29, 1.82) is 5.26 Å². The number of benzene rings is 3. The van der Waals surface area contributed by atoms with Crippen molar-refractivity contribution >= 4 is 27.3 Å². The van der Waals surface area contributed by atoms with Crippen LogP contribution in [-0.4, -0.2) is 14.1 Å². The second-order valence-electron chi connectivity index (χ2n) is 7.98. The highest BCUT2D eigenvalue weighted by atomic mass is 35.5. The van der Waals surface area contributed by atoms with Gasteiger partial charge in [-0.1, -0.05) is 77.5 Å². The lowest BCUT2D eigenvalue weighted by molar-refractivity contribution is 0.562. The smallest absolute Gasteiger partial charge is 0.200 e. The van der Waals surface area contributed by atoms with Crippen molar-refractivity contribution in [3.63, 3.8) is 0 Å². The van der Waals surface area contributed by atoms with Crippen molar-refractivity contribution in [2.24, 2.45) is 10.5 Å². The quantitative estimate of drug-likeness (QED) is 0.263. The van der Waals surface area contributed by atoms with Crippen LogP contribution >= 0.6 is 11.6 Å². The van der Waals surface area contributed by atoms with Crippen LogP contribution in [0, 0.1) is 35.5 Å². The summed E-state index contributed by atoms with van der Waals surface area (Å²) in [4.78, 5) is 2.48. The second-order valence-corrected chi connectivity index (χ2v) is 10.1. The minimum atomic E-state index is -3.90. The summed E-state index contributed by atoms with van der Waals surface area (Å²) in [6.07, 6.45) is 0.578. The zero-order valence-electron chi connectivity index (χ0n) is 18.9. The first-order valence-corrected chi connectivity index (χ1v) is 12.5. The number of nitriles is 1. The number of hydrogen-bond donors (Lipinski definition) is 1. The van der Waals surface area contributed by atoms with Gasteiger partial charge in [0.2, 0.25) is 0 Å². The van der Waals surface area contributed by atoms with E-state index < -0.39 is 15.4 Å². The van der Waals surface area contributed by atoms with E-state index in [1.54, 1.807) is 30.3 Å². The van der Waals surface area contributed by atoms with E-state index in [-0.39, 0.29) is 11.3 Å². The minimum absolute atomic E-state index is 0.109. The fourth-order valence-electron chi connectivity index (χ4n) is 3.30. The topological polar surface area (TPSA) is 82.3 Å². The molecule has 172 valence electrons. The van der Waals surface area contributed by atoms with Crippen LogP contribution in [0.4, 0.5) is 0 Å². The molecule has 0 spiro atoms. The molecular formula is C27H24ClN3O2S. The molecule has 3 aromatic carbocycles. The summed E-state index contributed by atoms with van der Waals surface area (Å²) in [6.45, 7) is 3.74. The fraction of sp³-hybridized carbons (Fsp3) is 0.185. The Bertz CT molecular complexity index is 1380. The minimum Gasteiger partial charge on any atom is -0.200 e. The average molecular weight is 490 g/mol. The standard InChI is InChI=1S/C27H24ClN3O2S/c1-21-12-14-25(15-13-21)34(32,33)31-30-26(23-9-4-3-5-10-23)27(2,17-7-19-29)18-16-22-8-6-11-24(28)20-22/h3-6,8-15,20,31H,7,17H2,1-2H3/b30-26+/t27-/m0/s1. The predicted octanol–water partition coefficient (Wildman–Crippen LogP) is 5.69. The van der Waals surface area contributed by atoms with Gasteiger partial charge in [0.05, 0.1) is 22.1 Å². The van der Waals surface area contributed by atoms with Gasteiger partial charge in [0.15, 0.2) is 0 Å². The molecule has 3 aromatic rings. The molecule has 0 saturated carbocycles. The number of rotatable bonds is 7. The molecule has 0 amide bonds. The van der Waals surface area contributed by atoms with Crippen molar-refractivity contribution in [2.75, 3.05) is 0 Å². The first kappa shape index (κ1) is 25.1. The number of hydrazone groups is 1. The summed E-state index contributed by atoms with van der Waals surface area (Å²) in [5.74, 6) is 6.35. The molecule has 0 aliphatic rings. The number of halogens is 1. The van der Waals surface area contributed by atoms with Gasteiger partial charge in [-0.05, 0) is 56.2 Å². The maximum atomic E-state index is 12.9. The van der Waals surface area contributed by atoms with E-state index in [0.29, 0.717) is 28.3 Å². The third-order valence-electron chi connectivity index (χ3n) is 5.22. The van der Waals surface area contributed by atoms with Crippen LogP contribution in [0.15, 0.2) is 88.9 Å². The van der Waals surface area contributed by atoms with Crippen LogP contribution < -0.4 is 4.83 Å². The van der Waals surface area contributed by atoms with Gasteiger partial charge in [0.1, 0.15) is 0 Å². The van der Waals surface area contributed by atoms with Crippen molar-refractivity contribution in [3.05, 3.63) is 101 Å². The van der Waals surface area contributed by atoms with E-state index in [1.165, 1.54) is 12.1 Å². The summed E-state index contributed by atoms with van der Waals surface area (Å²) < 4.78 is 25.8. The lowest BCUT2D eigenvalue weighted by atomic mass is 9.78. The fourth-order valence-corrected chi connectivity index (χ4v) is 4.30. The molecular weight excluding hydrogens is 466 g/mol. The monoisotopic (exact) mass is 489 g/mol. The third-order valence-corrected chi connectivity index (χ3v) is 6.68. The Kier molecular flexibility index (Phi) is 8.12. The molecule has 0 saturated heterocycles. The lowest BCUT2D eigenvalue weighted by Gasteiger charge is -2.25. The maximum absolute atomic E-state index is 12.9. The van der Waals surface area contributed by atoms with E-state index in [9.17, 15) is 13.7 Å². The van der Waals surface area contributed by atoms with Gasteiger partial charge in [-0.2, -0.15) is 23.6 Å². The molecule has 0 aliphatic heterocycles. The van der Waals surface area contributed by atoms with Gasteiger partial charge >= 0.3 is 0 Å². The Morgan fingerprint density at radius 1 is 1.06 bits per heavy atom. The zero-order chi connectivity index (χ0) is 24.6. The van der Waals surface area contributed by atoms with Crippen molar-refractivity contribution in [1.82, 2.24) is 4.83 Å². The molecule has 0 radical (unpaired) electrons. The summed E-state index contributed by atoms with van der Waals surface area (Å²) in [5, 5.41) is 14.2. The maximum Gasteiger partial charge on any atom is 0.276 e. The molecule has 1 atom stereocenters. The normalized spacial score (nSPS) is 13.2. The first-order valence-electron chi connectivity index (χ1n) is 10.6. The van der Waals surface area contributed by atoms with Crippen LogP contribution in [0.3, 0.4) is 0 Å². The second kappa shape index (κ2) is 11.0. The molecule has 0 unspecified atom stereocenters. The number of aryl methyl sites for hydroxylation is 1. The number of nitrogens with one attached hydrogen (secondary N) is 1.